The van der Waals surface area contributed by atoms with E-state index in [-0.39, 0.29) is 13.0 Å². The molecule has 2 rings (SSSR count). The molecular weight excluding hydrogens is 288 g/mol. The van der Waals surface area contributed by atoms with Gasteiger partial charge in [0.25, 0.3) is 0 Å². The van der Waals surface area contributed by atoms with Crippen LogP contribution in [0, 0.1) is 0 Å². The van der Waals surface area contributed by atoms with Crippen LogP contribution in [-0.4, -0.2) is 38.0 Å². The van der Waals surface area contributed by atoms with Gasteiger partial charge in [0.1, 0.15) is 24.8 Å². The number of carboxylic acids is 1. The number of hydrogen-bond donors (Lipinski definition) is 2. The highest BCUT2D eigenvalue weighted by Crippen LogP contribution is 2.02. The van der Waals surface area contributed by atoms with Crippen molar-refractivity contribution in [2.45, 2.75) is 19.1 Å². The molecule has 0 aliphatic heterocycles. The van der Waals surface area contributed by atoms with E-state index in [9.17, 15) is 9.59 Å². The molecule has 2 aromatic rings. The van der Waals surface area contributed by atoms with Gasteiger partial charge in [0, 0.05) is 13.5 Å². The van der Waals surface area contributed by atoms with Crippen LogP contribution in [-0.2, 0) is 29.6 Å². The SMILES string of the molecule is Cn1ncnc1CC(NC(=O)OCc1ccccc1)C(=O)O. The fourth-order valence-electron chi connectivity index (χ4n) is 1.79. The van der Waals surface area contributed by atoms with E-state index in [2.05, 4.69) is 15.4 Å². The Morgan fingerprint density at radius 1 is 1.36 bits per heavy atom. The van der Waals surface area contributed by atoms with Crippen LogP contribution < -0.4 is 5.32 Å². The summed E-state index contributed by atoms with van der Waals surface area (Å²) in [5.41, 5.74) is 0.817. The molecule has 2 N–H and O–H groups in total. The van der Waals surface area contributed by atoms with Gasteiger partial charge in [-0.15, -0.1) is 0 Å². The Bertz CT molecular complexity index is 641. The number of aryl methyl sites for hydroxylation is 1. The van der Waals surface area contributed by atoms with E-state index < -0.39 is 18.1 Å². The lowest BCUT2D eigenvalue weighted by Crippen LogP contribution is -2.43. The molecular formula is C14H16N4O4. The standard InChI is InChI=1S/C14H16N4O4/c1-18-12(15-9-16-18)7-11(13(19)20)17-14(21)22-8-10-5-3-2-4-6-10/h2-6,9,11H,7-8H2,1H3,(H,17,21)(H,19,20). The van der Waals surface area contributed by atoms with E-state index in [4.69, 9.17) is 9.84 Å². The normalized spacial score (nSPS) is 11.7. The highest BCUT2D eigenvalue weighted by Gasteiger charge is 2.23. The zero-order chi connectivity index (χ0) is 15.9. The Labute approximate surface area is 126 Å². The summed E-state index contributed by atoms with van der Waals surface area (Å²) < 4.78 is 6.45. The smallest absolute Gasteiger partial charge is 0.408 e. The summed E-state index contributed by atoms with van der Waals surface area (Å²) in [5, 5.41) is 15.3. The van der Waals surface area contributed by atoms with Gasteiger partial charge < -0.3 is 15.2 Å². The first-order valence-electron chi connectivity index (χ1n) is 6.59. The summed E-state index contributed by atoms with van der Waals surface area (Å²) in [7, 11) is 1.65. The number of ether oxygens (including phenoxy) is 1. The first kappa shape index (κ1) is 15.5. The molecule has 0 saturated carbocycles. The van der Waals surface area contributed by atoms with Crippen LogP contribution in [0.25, 0.3) is 0 Å². The van der Waals surface area contributed by atoms with Crippen LogP contribution in [0.2, 0.25) is 0 Å². The molecule has 0 fully saturated rings. The largest absolute Gasteiger partial charge is 0.480 e. The molecule has 0 spiro atoms. The average molecular weight is 304 g/mol. The first-order chi connectivity index (χ1) is 10.6. The van der Waals surface area contributed by atoms with Crippen molar-refractivity contribution in [1.82, 2.24) is 20.1 Å². The number of nitrogens with zero attached hydrogens (tertiary/aromatic N) is 3. The van der Waals surface area contributed by atoms with Crippen LogP contribution in [0.15, 0.2) is 36.7 Å². The van der Waals surface area contributed by atoms with Crippen molar-refractivity contribution >= 4 is 12.1 Å². The Hall–Kier alpha value is -2.90. The number of carboxylic acid groups (broad SMARTS) is 1. The third-order valence-electron chi connectivity index (χ3n) is 2.99. The monoisotopic (exact) mass is 304 g/mol. The van der Waals surface area contributed by atoms with Crippen LogP contribution in [0.3, 0.4) is 0 Å². The van der Waals surface area contributed by atoms with Gasteiger partial charge in [0.2, 0.25) is 0 Å². The second-order valence-corrected chi connectivity index (χ2v) is 4.60. The number of benzene rings is 1. The quantitative estimate of drug-likeness (QED) is 0.815. The van der Waals surface area contributed by atoms with Crippen molar-refractivity contribution in [3.8, 4) is 0 Å². The number of amides is 1. The van der Waals surface area contributed by atoms with E-state index in [0.717, 1.165) is 5.56 Å². The Morgan fingerprint density at radius 2 is 2.09 bits per heavy atom. The van der Waals surface area contributed by atoms with Gasteiger partial charge in [0.05, 0.1) is 0 Å². The molecule has 1 heterocycles. The number of alkyl carbamates (subject to hydrolysis) is 1. The molecule has 0 bridgehead atoms. The molecule has 1 aromatic carbocycles. The van der Waals surface area contributed by atoms with E-state index in [1.807, 2.05) is 30.3 Å². The molecule has 0 aliphatic carbocycles. The fraction of sp³-hybridized carbons (Fsp3) is 0.286. The van der Waals surface area contributed by atoms with E-state index in [1.54, 1.807) is 7.05 Å². The number of aliphatic carboxylic acids is 1. The molecule has 0 saturated heterocycles. The average Bonchev–Trinajstić information content (AvgIpc) is 2.91. The summed E-state index contributed by atoms with van der Waals surface area (Å²) in [6.07, 6.45) is 0.548. The molecule has 22 heavy (non-hydrogen) atoms. The van der Waals surface area contributed by atoms with E-state index in [0.29, 0.717) is 5.82 Å². The summed E-state index contributed by atoms with van der Waals surface area (Å²) in [5.74, 6) is -0.713. The number of aromatic nitrogens is 3. The molecule has 1 unspecified atom stereocenters. The molecule has 1 amide bonds. The van der Waals surface area contributed by atoms with Crippen LogP contribution in [0.1, 0.15) is 11.4 Å². The molecule has 0 radical (unpaired) electrons. The predicted octanol–water partition coefficient (Wildman–Crippen LogP) is 0.737. The van der Waals surface area contributed by atoms with Crippen LogP contribution in [0.5, 0.6) is 0 Å². The van der Waals surface area contributed by atoms with E-state index in [1.165, 1.54) is 11.0 Å². The minimum atomic E-state index is -1.17. The summed E-state index contributed by atoms with van der Waals surface area (Å²) in [4.78, 5) is 26.9. The Morgan fingerprint density at radius 3 is 2.68 bits per heavy atom. The summed E-state index contributed by atoms with van der Waals surface area (Å²) in [6.45, 7) is 0.0724. The van der Waals surface area contributed by atoms with Gasteiger partial charge in [-0.25, -0.2) is 14.6 Å². The first-order valence-corrected chi connectivity index (χ1v) is 6.59. The van der Waals surface area contributed by atoms with Crippen molar-refractivity contribution in [3.63, 3.8) is 0 Å². The van der Waals surface area contributed by atoms with Gasteiger partial charge in [-0.2, -0.15) is 5.10 Å². The van der Waals surface area contributed by atoms with Crippen molar-refractivity contribution in [2.75, 3.05) is 0 Å². The molecule has 0 aliphatic rings. The minimum absolute atomic E-state index is 0.0201. The number of rotatable bonds is 6. The number of carbonyl (C=O) groups excluding carboxylic acids is 1. The third-order valence-corrected chi connectivity index (χ3v) is 2.99. The second kappa shape index (κ2) is 7.21. The maximum absolute atomic E-state index is 11.7. The topological polar surface area (TPSA) is 106 Å². The summed E-state index contributed by atoms with van der Waals surface area (Å²) in [6, 6.07) is 7.98. The highest BCUT2D eigenvalue weighted by atomic mass is 16.5. The number of nitrogens with one attached hydrogen (secondary N) is 1. The summed E-state index contributed by atoms with van der Waals surface area (Å²) >= 11 is 0. The molecule has 8 heteroatoms. The van der Waals surface area contributed by atoms with Gasteiger partial charge >= 0.3 is 12.1 Å². The van der Waals surface area contributed by atoms with Gasteiger partial charge in [0.15, 0.2) is 0 Å². The predicted molar refractivity (Wildman–Crippen MR) is 75.9 cm³/mol. The van der Waals surface area contributed by atoms with Gasteiger partial charge in [-0.1, -0.05) is 30.3 Å². The minimum Gasteiger partial charge on any atom is -0.480 e. The lowest BCUT2D eigenvalue weighted by molar-refractivity contribution is -0.139. The molecule has 1 atom stereocenters. The van der Waals surface area contributed by atoms with Crippen molar-refractivity contribution in [1.29, 1.82) is 0 Å². The maximum Gasteiger partial charge on any atom is 0.408 e. The van der Waals surface area contributed by atoms with Crippen LogP contribution >= 0.6 is 0 Å². The Kier molecular flexibility index (Phi) is 5.07. The highest BCUT2D eigenvalue weighted by molar-refractivity contribution is 5.80. The van der Waals surface area contributed by atoms with Crippen molar-refractivity contribution in [3.05, 3.63) is 48.0 Å². The second-order valence-electron chi connectivity index (χ2n) is 4.60. The van der Waals surface area contributed by atoms with Gasteiger partial charge in [-0.05, 0) is 5.56 Å². The van der Waals surface area contributed by atoms with E-state index >= 15 is 0 Å². The lowest BCUT2D eigenvalue weighted by Gasteiger charge is -2.14. The maximum atomic E-state index is 11.7. The lowest BCUT2D eigenvalue weighted by atomic mass is 10.2. The zero-order valence-electron chi connectivity index (χ0n) is 12.0. The molecule has 116 valence electrons. The molecule has 1 aromatic heterocycles. The number of carbonyl (C=O) groups is 2. The van der Waals surface area contributed by atoms with Crippen molar-refractivity contribution < 1.29 is 19.4 Å². The fourth-order valence-corrected chi connectivity index (χ4v) is 1.79. The zero-order valence-corrected chi connectivity index (χ0v) is 12.0. The Balaban J connectivity index is 1.89. The van der Waals surface area contributed by atoms with Gasteiger partial charge in [-0.3, -0.25) is 4.68 Å². The third kappa shape index (κ3) is 4.30. The molecule has 8 nitrogen and oxygen atoms in total. The van der Waals surface area contributed by atoms with Crippen molar-refractivity contribution in [2.24, 2.45) is 7.05 Å². The number of hydrogen-bond acceptors (Lipinski definition) is 5. The van der Waals surface area contributed by atoms with Crippen LogP contribution in [0.4, 0.5) is 4.79 Å².